The quantitative estimate of drug-likeness (QED) is 0.695. The number of carbonyl (C=O) groups is 1. The van der Waals surface area contributed by atoms with E-state index in [1.165, 1.54) is 24.5 Å². The number of phenols is 1. The molecule has 0 saturated carbocycles. The summed E-state index contributed by atoms with van der Waals surface area (Å²) in [5.41, 5.74) is 0.254. The lowest BCUT2D eigenvalue weighted by Crippen LogP contribution is -2.12. The van der Waals surface area contributed by atoms with Gasteiger partial charge < -0.3 is 19.4 Å². The first kappa shape index (κ1) is 15.1. The monoisotopic (exact) mass is 333 g/mol. The van der Waals surface area contributed by atoms with E-state index in [0.717, 1.165) is 0 Å². The summed E-state index contributed by atoms with van der Waals surface area (Å²) in [5, 5.41) is 16.4. The van der Waals surface area contributed by atoms with Crippen molar-refractivity contribution in [1.29, 1.82) is 0 Å². The van der Waals surface area contributed by atoms with Gasteiger partial charge in [-0.25, -0.2) is 0 Å². The number of amides is 1. The number of phenolic OH excluding ortho intramolecular Hbond substituents is 1. The molecule has 0 spiro atoms. The largest absolute Gasteiger partial charge is 0.506 e. The van der Waals surface area contributed by atoms with Crippen molar-refractivity contribution < 1.29 is 18.8 Å². The molecule has 118 valence electrons. The lowest BCUT2D eigenvalue weighted by molar-refractivity contribution is -0.116. The van der Waals surface area contributed by atoms with Crippen LogP contribution in [0, 0.1) is 0 Å². The van der Waals surface area contributed by atoms with Gasteiger partial charge >= 0.3 is 0 Å². The van der Waals surface area contributed by atoms with E-state index in [4.69, 9.17) is 20.5 Å². The Labute approximate surface area is 135 Å². The van der Waals surface area contributed by atoms with Crippen LogP contribution in [0.25, 0.3) is 11.6 Å². The maximum Gasteiger partial charge on any atom is 0.238 e. The van der Waals surface area contributed by atoms with E-state index in [2.05, 4.69) is 15.5 Å². The maximum absolute atomic E-state index is 11.9. The molecule has 23 heavy (non-hydrogen) atoms. The molecule has 0 aliphatic rings. The maximum atomic E-state index is 11.9. The number of nitrogens with zero attached hydrogens (tertiary/aromatic N) is 2. The molecule has 2 heterocycles. The Kier molecular flexibility index (Phi) is 4.29. The van der Waals surface area contributed by atoms with Crippen LogP contribution in [0.1, 0.15) is 12.3 Å². The Morgan fingerprint density at radius 3 is 3.00 bits per heavy atom. The summed E-state index contributed by atoms with van der Waals surface area (Å²) in [5.74, 6) is 0.786. The summed E-state index contributed by atoms with van der Waals surface area (Å²) in [6.07, 6.45) is 1.89. The van der Waals surface area contributed by atoms with Crippen LogP contribution in [0.5, 0.6) is 5.75 Å². The van der Waals surface area contributed by atoms with Gasteiger partial charge in [0.05, 0.1) is 12.0 Å². The molecule has 8 heteroatoms. The van der Waals surface area contributed by atoms with Gasteiger partial charge in [0.15, 0.2) is 5.76 Å². The minimum atomic E-state index is -0.305. The highest BCUT2D eigenvalue weighted by Crippen LogP contribution is 2.26. The van der Waals surface area contributed by atoms with Crippen molar-refractivity contribution in [2.45, 2.75) is 12.8 Å². The van der Waals surface area contributed by atoms with E-state index in [1.807, 2.05) is 0 Å². The average Bonchev–Trinajstić information content (AvgIpc) is 3.19. The second-order valence-corrected chi connectivity index (χ2v) is 5.14. The molecule has 0 fully saturated rings. The van der Waals surface area contributed by atoms with Crippen LogP contribution < -0.4 is 5.32 Å². The van der Waals surface area contributed by atoms with Gasteiger partial charge in [-0.2, -0.15) is 4.98 Å². The predicted molar refractivity (Wildman–Crippen MR) is 82.1 cm³/mol. The van der Waals surface area contributed by atoms with Gasteiger partial charge in [-0.1, -0.05) is 16.8 Å². The molecule has 3 rings (SSSR count). The second kappa shape index (κ2) is 6.53. The Morgan fingerprint density at radius 1 is 1.35 bits per heavy atom. The highest BCUT2D eigenvalue weighted by Gasteiger charge is 2.13. The lowest BCUT2D eigenvalue weighted by atomic mass is 10.2. The number of furan rings is 1. The molecule has 0 radical (unpaired) electrons. The number of nitrogens with one attached hydrogen (secondary N) is 1. The number of halogens is 1. The molecule has 2 aromatic heterocycles. The van der Waals surface area contributed by atoms with Crippen molar-refractivity contribution in [1.82, 2.24) is 10.1 Å². The van der Waals surface area contributed by atoms with Crippen LogP contribution >= 0.6 is 11.6 Å². The molecule has 0 bridgehead atoms. The van der Waals surface area contributed by atoms with Crippen LogP contribution in [0.4, 0.5) is 5.69 Å². The minimum absolute atomic E-state index is 0.0550. The van der Waals surface area contributed by atoms with E-state index >= 15 is 0 Å². The smallest absolute Gasteiger partial charge is 0.238 e. The van der Waals surface area contributed by atoms with E-state index in [9.17, 15) is 9.90 Å². The first-order valence-corrected chi connectivity index (χ1v) is 7.14. The second-order valence-electron chi connectivity index (χ2n) is 4.70. The number of aryl methyl sites for hydroxylation is 1. The first-order valence-electron chi connectivity index (χ1n) is 6.76. The van der Waals surface area contributed by atoms with Crippen molar-refractivity contribution in [2.75, 3.05) is 5.32 Å². The SMILES string of the molecule is O=C(CCc1nc(-c2ccco2)no1)Nc1cc(Cl)ccc1O. The Morgan fingerprint density at radius 2 is 2.22 bits per heavy atom. The minimum Gasteiger partial charge on any atom is -0.506 e. The Balaban J connectivity index is 1.58. The Bertz CT molecular complexity index is 814. The first-order chi connectivity index (χ1) is 11.1. The zero-order chi connectivity index (χ0) is 16.2. The van der Waals surface area contributed by atoms with E-state index in [-0.39, 0.29) is 30.2 Å². The number of hydrogen-bond donors (Lipinski definition) is 2. The summed E-state index contributed by atoms with van der Waals surface area (Å²) in [4.78, 5) is 16.1. The van der Waals surface area contributed by atoms with Gasteiger partial charge in [0.1, 0.15) is 5.75 Å². The van der Waals surface area contributed by atoms with E-state index in [1.54, 1.807) is 12.1 Å². The number of rotatable bonds is 5. The molecular weight excluding hydrogens is 322 g/mol. The zero-order valence-corrected chi connectivity index (χ0v) is 12.6. The number of aromatic hydroxyl groups is 1. The zero-order valence-electron chi connectivity index (χ0n) is 11.8. The van der Waals surface area contributed by atoms with Crippen molar-refractivity contribution in [3.05, 3.63) is 47.5 Å². The van der Waals surface area contributed by atoms with Gasteiger partial charge in [0.2, 0.25) is 17.6 Å². The van der Waals surface area contributed by atoms with Crippen LogP contribution in [-0.4, -0.2) is 21.2 Å². The summed E-state index contributed by atoms with van der Waals surface area (Å²) in [6.45, 7) is 0. The topological polar surface area (TPSA) is 101 Å². The van der Waals surface area contributed by atoms with Crippen LogP contribution in [-0.2, 0) is 11.2 Å². The fourth-order valence-corrected chi connectivity index (χ4v) is 2.08. The van der Waals surface area contributed by atoms with Gasteiger partial charge in [-0.3, -0.25) is 4.79 Å². The average molecular weight is 334 g/mol. The molecule has 2 N–H and O–H groups in total. The number of anilines is 1. The van der Waals surface area contributed by atoms with Crippen molar-refractivity contribution in [3.63, 3.8) is 0 Å². The third-order valence-corrected chi connectivity index (χ3v) is 3.24. The molecule has 0 saturated heterocycles. The summed E-state index contributed by atoms with van der Waals surface area (Å²) in [6, 6.07) is 7.84. The van der Waals surface area contributed by atoms with Crippen molar-refractivity contribution >= 4 is 23.2 Å². The van der Waals surface area contributed by atoms with Gasteiger partial charge in [0.25, 0.3) is 0 Å². The van der Waals surface area contributed by atoms with Gasteiger partial charge in [-0.05, 0) is 30.3 Å². The normalized spacial score (nSPS) is 10.7. The van der Waals surface area contributed by atoms with Crippen molar-refractivity contribution in [3.8, 4) is 17.3 Å². The van der Waals surface area contributed by atoms with Crippen LogP contribution in [0.3, 0.4) is 0 Å². The number of carbonyl (C=O) groups excluding carboxylic acids is 1. The Hall–Kier alpha value is -2.80. The molecule has 1 aromatic carbocycles. The van der Waals surface area contributed by atoms with E-state index in [0.29, 0.717) is 22.5 Å². The molecule has 0 unspecified atom stereocenters. The third-order valence-electron chi connectivity index (χ3n) is 3.01. The van der Waals surface area contributed by atoms with Crippen LogP contribution in [0.2, 0.25) is 5.02 Å². The van der Waals surface area contributed by atoms with Crippen molar-refractivity contribution in [2.24, 2.45) is 0 Å². The number of hydrogen-bond acceptors (Lipinski definition) is 6. The molecule has 1 amide bonds. The number of aromatic nitrogens is 2. The van der Waals surface area contributed by atoms with E-state index < -0.39 is 0 Å². The number of benzene rings is 1. The van der Waals surface area contributed by atoms with Crippen LogP contribution in [0.15, 0.2) is 45.5 Å². The summed E-state index contributed by atoms with van der Waals surface area (Å²) >= 11 is 5.82. The molecular formula is C15H12ClN3O4. The lowest BCUT2D eigenvalue weighted by Gasteiger charge is -2.06. The summed E-state index contributed by atoms with van der Waals surface area (Å²) in [7, 11) is 0. The molecule has 3 aromatic rings. The highest BCUT2D eigenvalue weighted by atomic mass is 35.5. The highest BCUT2D eigenvalue weighted by molar-refractivity contribution is 6.31. The molecule has 7 nitrogen and oxygen atoms in total. The molecule has 0 aliphatic carbocycles. The van der Waals surface area contributed by atoms with Gasteiger partial charge in [0, 0.05) is 17.9 Å². The molecule has 0 aliphatic heterocycles. The standard InChI is InChI=1S/C15H12ClN3O4/c16-9-3-4-11(20)10(8-9)17-13(21)5-6-14-18-15(19-23-14)12-2-1-7-22-12/h1-4,7-8,20H,5-6H2,(H,17,21). The molecule has 0 atom stereocenters. The fourth-order valence-electron chi connectivity index (χ4n) is 1.90. The predicted octanol–water partition coefficient (Wildman–Crippen LogP) is 3.26. The third kappa shape index (κ3) is 3.70. The fraction of sp³-hybridized carbons (Fsp3) is 0.133. The summed E-state index contributed by atoms with van der Waals surface area (Å²) < 4.78 is 10.2. The van der Waals surface area contributed by atoms with Gasteiger partial charge in [-0.15, -0.1) is 0 Å².